The van der Waals surface area contributed by atoms with E-state index in [2.05, 4.69) is 17.3 Å². The van der Waals surface area contributed by atoms with E-state index in [1.165, 1.54) is 38.8 Å². The smallest absolute Gasteiger partial charge is 0.0552 e. The van der Waals surface area contributed by atoms with Gasteiger partial charge in [-0.05, 0) is 51.6 Å². The van der Waals surface area contributed by atoms with Gasteiger partial charge in [0.25, 0.3) is 0 Å². The van der Waals surface area contributed by atoms with Gasteiger partial charge in [0.05, 0.1) is 6.10 Å². The highest BCUT2D eigenvalue weighted by molar-refractivity contribution is 4.87. The number of nitrogens with zero attached hydrogens (tertiary/aromatic N) is 1. The van der Waals surface area contributed by atoms with Gasteiger partial charge >= 0.3 is 0 Å². The minimum Gasteiger partial charge on any atom is -0.393 e. The van der Waals surface area contributed by atoms with Crippen molar-refractivity contribution in [1.82, 2.24) is 10.2 Å². The molecule has 1 aliphatic carbocycles. The summed E-state index contributed by atoms with van der Waals surface area (Å²) < 4.78 is 0. The Bertz CT molecular complexity index is 220. The normalized spacial score (nSPS) is 38.1. The lowest BCUT2D eigenvalue weighted by Crippen LogP contribution is -2.37. The summed E-state index contributed by atoms with van der Waals surface area (Å²) in [6.45, 7) is 5.45. The standard InChI is InChI=1S/C13H26N2O/c1-10(16)11-6-7-15(8-11)9-12-4-3-5-13(12)14-2/h10-14,16H,3-9H2,1-2H3. The van der Waals surface area contributed by atoms with Gasteiger partial charge in [0.2, 0.25) is 0 Å². The fourth-order valence-electron chi connectivity index (χ4n) is 3.39. The van der Waals surface area contributed by atoms with E-state index < -0.39 is 0 Å². The van der Waals surface area contributed by atoms with Gasteiger partial charge in [-0.2, -0.15) is 0 Å². The molecule has 0 radical (unpaired) electrons. The van der Waals surface area contributed by atoms with Crippen LogP contribution in [0, 0.1) is 11.8 Å². The minimum atomic E-state index is -0.131. The third kappa shape index (κ3) is 2.76. The van der Waals surface area contributed by atoms with Crippen LogP contribution >= 0.6 is 0 Å². The Kier molecular flexibility index (Phi) is 4.22. The zero-order valence-electron chi connectivity index (χ0n) is 10.7. The van der Waals surface area contributed by atoms with E-state index in [0.29, 0.717) is 5.92 Å². The Labute approximate surface area is 99.2 Å². The monoisotopic (exact) mass is 226 g/mol. The molecule has 4 unspecified atom stereocenters. The van der Waals surface area contributed by atoms with Crippen LogP contribution in [-0.2, 0) is 0 Å². The molecule has 0 aromatic heterocycles. The topological polar surface area (TPSA) is 35.5 Å². The first-order valence-corrected chi connectivity index (χ1v) is 6.78. The number of aliphatic hydroxyl groups is 1. The molecule has 16 heavy (non-hydrogen) atoms. The van der Waals surface area contributed by atoms with E-state index in [0.717, 1.165) is 18.5 Å². The van der Waals surface area contributed by atoms with Gasteiger partial charge in [-0.3, -0.25) is 0 Å². The van der Waals surface area contributed by atoms with Crippen LogP contribution in [-0.4, -0.2) is 48.8 Å². The number of rotatable bonds is 4. The molecule has 0 amide bonds. The predicted octanol–water partition coefficient (Wildman–Crippen LogP) is 1.08. The van der Waals surface area contributed by atoms with E-state index >= 15 is 0 Å². The van der Waals surface area contributed by atoms with Gasteiger partial charge in [0, 0.05) is 19.1 Å². The van der Waals surface area contributed by atoms with Crippen molar-refractivity contribution in [3.05, 3.63) is 0 Å². The van der Waals surface area contributed by atoms with Crippen molar-refractivity contribution in [2.45, 2.75) is 44.8 Å². The maximum Gasteiger partial charge on any atom is 0.0552 e. The first kappa shape index (κ1) is 12.3. The summed E-state index contributed by atoms with van der Waals surface area (Å²) in [6.07, 6.45) is 5.14. The number of hydrogen-bond donors (Lipinski definition) is 2. The number of likely N-dealkylation sites (tertiary alicyclic amines) is 1. The molecular formula is C13H26N2O. The van der Waals surface area contributed by atoms with Crippen molar-refractivity contribution in [2.24, 2.45) is 11.8 Å². The summed E-state index contributed by atoms with van der Waals surface area (Å²) >= 11 is 0. The molecule has 1 aliphatic heterocycles. The van der Waals surface area contributed by atoms with Gasteiger partial charge < -0.3 is 15.3 Å². The summed E-state index contributed by atoms with van der Waals surface area (Å²) in [5.74, 6) is 1.34. The summed E-state index contributed by atoms with van der Waals surface area (Å²) in [6, 6.07) is 0.727. The summed E-state index contributed by atoms with van der Waals surface area (Å²) in [7, 11) is 2.09. The van der Waals surface area contributed by atoms with Crippen LogP contribution in [0.4, 0.5) is 0 Å². The van der Waals surface area contributed by atoms with Crippen molar-refractivity contribution < 1.29 is 5.11 Å². The van der Waals surface area contributed by atoms with Crippen molar-refractivity contribution in [1.29, 1.82) is 0 Å². The van der Waals surface area contributed by atoms with Crippen LogP contribution in [0.25, 0.3) is 0 Å². The predicted molar refractivity (Wildman–Crippen MR) is 66.4 cm³/mol. The van der Waals surface area contributed by atoms with Gasteiger partial charge in [0.1, 0.15) is 0 Å². The summed E-state index contributed by atoms with van der Waals surface area (Å²) in [5, 5.41) is 13.0. The SMILES string of the molecule is CNC1CCCC1CN1CCC(C(C)O)C1. The van der Waals surface area contributed by atoms with E-state index in [9.17, 15) is 5.11 Å². The van der Waals surface area contributed by atoms with Crippen LogP contribution in [0.3, 0.4) is 0 Å². The van der Waals surface area contributed by atoms with Gasteiger partial charge in [-0.15, -0.1) is 0 Å². The summed E-state index contributed by atoms with van der Waals surface area (Å²) in [4.78, 5) is 2.55. The molecule has 0 aromatic carbocycles. The van der Waals surface area contributed by atoms with Gasteiger partial charge in [-0.25, -0.2) is 0 Å². The highest BCUT2D eigenvalue weighted by Gasteiger charge is 2.31. The van der Waals surface area contributed by atoms with E-state index in [-0.39, 0.29) is 6.10 Å². The zero-order chi connectivity index (χ0) is 11.5. The third-order valence-corrected chi connectivity index (χ3v) is 4.51. The molecule has 3 heteroatoms. The lowest BCUT2D eigenvalue weighted by atomic mass is 10.0. The first-order chi connectivity index (χ1) is 7.70. The van der Waals surface area contributed by atoms with Crippen LogP contribution in [0.15, 0.2) is 0 Å². The molecule has 2 fully saturated rings. The van der Waals surface area contributed by atoms with E-state index in [1.807, 2.05) is 6.92 Å². The van der Waals surface area contributed by atoms with E-state index in [1.54, 1.807) is 0 Å². The summed E-state index contributed by atoms with van der Waals surface area (Å²) in [5.41, 5.74) is 0. The Balaban J connectivity index is 1.78. The second kappa shape index (κ2) is 5.48. The van der Waals surface area contributed by atoms with Crippen molar-refractivity contribution in [2.75, 3.05) is 26.7 Å². The molecule has 0 aromatic rings. The van der Waals surface area contributed by atoms with Crippen LogP contribution < -0.4 is 5.32 Å². The molecule has 94 valence electrons. The van der Waals surface area contributed by atoms with Crippen LogP contribution in [0.2, 0.25) is 0 Å². The van der Waals surface area contributed by atoms with E-state index in [4.69, 9.17) is 0 Å². The second-order valence-electron chi connectivity index (χ2n) is 5.64. The first-order valence-electron chi connectivity index (χ1n) is 6.78. The average Bonchev–Trinajstić information content (AvgIpc) is 2.87. The van der Waals surface area contributed by atoms with Crippen molar-refractivity contribution >= 4 is 0 Å². The highest BCUT2D eigenvalue weighted by Crippen LogP contribution is 2.28. The number of aliphatic hydroxyl groups excluding tert-OH is 1. The zero-order valence-corrected chi connectivity index (χ0v) is 10.7. The molecule has 1 heterocycles. The average molecular weight is 226 g/mol. The fraction of sp³-hybridized carbons (Fsp3) is 1.00. The number of nitrogens with one attached hydrogen (secondary N) is 1. The van der Waals surface area contributed by atoms with Gasteiger partial charge in [-0.1, -0.05) is 6.42 Å². The highest BCUT2D eigenvalue weighted by atomic mass is 16.3. The fourth-order valence-corrected chi connectivity index (χ4v) is 3.39. The molecule has 1 saturated heterocycles. The molecular weight excluding hydrogens is 200 g/mol. The molecule has 2 N–H and O–H groups in total. The Morgan fingerprint density at radius 2 is 2.19 bits per heavy atom. The molecule has 0 spiro atoms. The van der Waals surface area contributed by atoms with Crippen LogP contribution in [0.5, 0.6) is 0 Å². The maximum atomic E-state index is 9.59. The maximum absolute atomic E-state index is 9.59. The Morgan fingerprint density at radius 1 is 1.38 bits per heavy atom. The van der Waals surface area contributed by atoms with Crippen LogP contribution in [0.1, 0.15) is 32.6 Å². The minimum absolute atomic E-state index is 0.131. The Hall–Kier alpha value is -0.120. The van der Waals surface area contributed by atoms with Gasteiger partial charge in [0.15, 0.2) is 0 Å². The largest absolute Gasteiger partial charge is 0.393 e. The van der Waals surface area contributed by atoms with Crippen molar-refractivity contribution in [3.8, 4) is 0 Å². The molecule has 3 nitrogen and oxygen atoms in total. The molecule has 0 bridgehead atoms. The molecule has 4 atom stereocenters. The lowest BCUT2D eigenvalue weighted by molar-refractivity contribution is 0.125. The number of hydrogen-bond acceptors (Lipinski definition) is 3. The third-order valence-electron chi connectivity index (χ3n) is 4.51. The van der Waals surface area contributed by atoms with Crippen molar-refractivity contribution in [3.63, 3.8) is 0 Å². The molecule has 2 rings (SSSR count). The lowest BCUT2D eigenvalue weighted by Gasteiger charge is -2.25. The second-order valence-corrected chi connectivity index (χ2v) is 5.64. The quantitative estimate of drug-likeness (QED) is 0.753. The molecule has 1 saturated carbocycles. The molecule has 2 aliphatic rings. The Morgan fingerprint density at radius 3 is 2.81 bits per heavy atom.